The standard InChI is InChI=1S/C28H28Cl2N4OS/c29-24-15-14-23(20-25(24)30)34-26(19-22-11-5-2-6-12-22)32-33-28(34)36-18-8-7-13-27(35)31-17-16-21-9-3-1-4-10-21/h1-6,9-12,14-15,20H,7-8,13,16-19H2,(H,31,35). The minimum Gasteiger partial charge on any atom is -0.356 e. The van der Waals surface area contributed by atoms with Gasteiger partial charge in [0.1, 0.15) is 5.82 Å². The molecule has 0 saturated heterocycles. The maximum atomic E-state index is 12.2. The number of nitrogens with one attached hydrogen (secondary N) is 1. The quantitative estimate of drug-likeness (QED) is 0.159. The second kappa shape index (κ2) is 13.5. The summed E-state index contributed by atoms with van der Waals surface area (Å²) >= 11 is 14.1. The van der Waals surface area contributed by atoms with Gasteiger partial charge in [0.2, 0.25) is 5.91 Å². The Morgan fingerprint density at radius 1 is 0.861 bits per heavy atom. The Hall–Kier alpha value is -2.80. The maximum absolute atomic E-state index is 12.2. The molecule has 5 nitrogen and oxygen atoms in total. The van der Waals surface area contributed by atoms with Crippen LogP contribution < -0.4 is 5.32 Å². The lowest BCUT2D eigenvalue weighted by atomic mass is 10.1. The summed E-state index contributed by atoms with van der Waals surface area (Å²) in [4.78, 5) is 12.2. The van der Waals surface area contributed by atoms with Crippen LogP contribution in [0.15, 0.2) is 84.0 Å². The van der Waals surface area contributed by atoms with Crippen LogP contribution in [0.3, 0.4) is 0 Å². The summed E-state index contributed by atoms with van der Waals surface area (Å²) < 4.78 is 2.04. The Bertz CT molecular complexity index is 1270. The number of rotatable bonds is 12. The smallest absolute Gasteiger partial charge is 0.220 e. The van der Waals surface area contributed by atoms with Crippen molar-refractivity contribution in [2.24, 2.45) is 0 Å². The predicted octanol–water partition coefficient (Wildman–Crippen LogP) is 6.79. The third kappa shape index (κ3) is 7.60. The van der Waals surface area contributed by atoms with Crippen molar-refractivity contribution in [3.63, 3.8) is 0 Å². The molecule has 1 aromatic heterocycles. The molecule has 186 valence electrons. The van der Waals surface area contributed by atoms with Gasteiger partial charge in [-0.15, -0.1) is 10.2 Å². The number of benzene rings is 3. The minimum absolute atomic E-state index is 0.0973. The first-order chi connectivity index (χ1) is 17.6. The van der Waals surface area contributed by atoms with Gasteiger partial charge in [0.05, 0.1) is 15.7 Å². The molecular weight excluding hydrogens is 511 g/mol. The van der Waals surface area contributed by atoms with Crippen molar-refractivity contribution in [3.05, 3.63) is 106 Å². The number of carbonyl (C=O) groups is 1. The first-order valence-electron chi connectivity index (χ1n) is 12.0. The molecule has 0 spiro atoms. The molecule has 4 aromatic rings. The molecule has 0 fully saturated rings. The largest absolute Gasteiger partial charge is 0.356 e. The molecule has 0 aliphatic heterocycles. The highest BCUT2D eigenvalue weighted by Crippen LogP contribution is 2.29. The van der Waals surface area contributed by atoms with E-state index in [1.807, 2.05) is 53.1 Å². The van der Waals surface area contributed by atoms with E-state index in [4.69, 9.17) is 23.2 Å². The van der Waals surface area contributed by atoms with Crippen LogP contribution >= 0.6 is 35.0 Å². The van der Waals surface area contributed by atoms with Gasteiger partial charge in [0.15, 0.2) is 5.16 Å². The summed E-state index contributed by atoms with van der Waals surface area (Å²) in [7, 11) is 0. The van der Waals surface area contributed by atoms with Crippen molar-refractivity contribution in [1.82, 2.24) is 20.1 Å². The van der Waals surface area contributed by atoms with E-state index in [1.165, 1.54) is 5.56 Å². The van der Waals surface area contributed by atoms with Gasteiger partial charge in [0, 0.05) is 25.1 Å². The molecule has 1 N–H and O–H groups in total. The second-order valence-electron chi connectivity index (χ2n) is 8.39. The molecule has 0 unspecified atom stereocenters. The lowest BCUT2D eigenvalue weighted by Gasteiger charge is -2.11. The molecule has 0 radical (unpaired) electrons. The first-order valence-corrected chi connectivity index (χ1v) is 13.7. The average Bonchev–Trinajstić information content (AvgIpc) is 3.29. The fourth-order valence-electron chi connectivity index (χ4n) is 3.80. The first kappa shape index (κ1) is 26.3. The molecule has 0 aliphatic rings. The number of halogens is 2. The van der Waals surface area contributed by atoms with Gasteiger partial charge in [-0.05, 0) is 48.6 Å². The number of amides is 1. The van der Waals surface area contributed by atoms with Crippen LogP contribution in [0, 0.1) is 0 Å². The van der Waals surface area contributed by atoms with Crippen molar-refractivity contribution < 1.29 is 4.79 Å². The third-order valence-corrected chi connectivity index (χ3v) is 7.43. The molecular formula is C28H28Cl2N4OS. The van der Waals surface area contributed by atoms with Crippen molar-refractivity contribution in [3.8, 4) is 5.69 Å². The molecule has 4 rings (SSSR count). The second-order valence-corrected chi connectivity index (χ2v) is 10.3. The van der Waals surface area contributed by atoms with E-state index in [1.54, 1.807) is 17.8 Å². The third-order valence-electron chi connectivity index (χ3n) is 5.67. The van der Waals surface area contributed by atoms with Crippen LogP contribution in [0.5, 0.6) is 0 Å². The maximum Gasteiger partial charge on any atom is 0.220 e. The monoisotopic (exact) mass is 538 g/mol. The fraction of sp³-hybridized carbons (Fsp3) is 0.250. The average molecular weight is 540 g/mol. The molecule has 1 heterocycles. The van der Waals surface area contributed by atoms with Gasteiger partial charge in [-0.2, -0.15) is 0 Å². The summed E-state index contributed by atoms with van der Waals surface area (Å²) in [5.41, 5.74) is 3.26. The normalized spacial score (nSPS) is 10.9. The van der Waals surface area contributed by atoms with E-state index < -0.39 is 0 Å². The van der Waals surface area contributed by atoms with E-state index >= 15 is 0 Å². The van der Waals surface area contributed by atoms with E-state index in [0.717, 1.165) is 47.2 Å². The van der Waals surface area contributed by atoms with Gasteiger partial charge >= 0.3 is 0 Å². The number of hydrogen-bond acceptors (Lipinski definition) is 4. The Morgan fingerprint density at radius 2 is 1.58 bits per heavy atom. The molecule has 0 saturated carbocycles. The van der Waals surface area contributed by atoms with Crippen LogP contribution in [0.4, 0.5) is 0 Å². The van der Waals surface area contributed by atoms with E-state index in [-0.39, 0.29) is 5.91 Å². The Kier molecular flexibility index (Phi) is 9.84. The Balaban J connectivity index is 1.31. The van der Waals surface area contributed by atoms with Crippen LogP contribution in [-0.2, 0) is 17.6 Å². The number of nitrogens with zero attached hydrogens (tertiary/aromatic N) is 3. The van der Waals surface area contributed by atoms with E-state index in [2.05, 4.69) is 39.8 Å². The van der Waals surface area contributed by atoms with Crippen LogP contribution in [0.2, 0.25) is 10.0 Å². The summed E-state index contributed by atoms with van der Waals surface area (Å²) in [6.07, 6.45) is 3.74. The summed E-state index contributed by atoms with van der Waals surface area (Å²) in [6.45, 7) is 0.661. The minimum atomic E-state index is 0.0973. The van der Waals surface area contributed by atoms with Crippen LogP contribution in [0.1, 0.15) is 36.2 Å². The number of thioether (sulfide) groups is 1. The van der Waals surface area contributed by atoms with Crippen molar-refractivity contribution in [2.45, 2.75) is 37.3 Å². The molecule has 1 amide bonds. The molecule has 0 atom stereocenters. The van der Waals surface area contributed by atoms with E-state index in [0.29, 0.717) is 29.4 Å². The van der Waals surface area contributed by atoms with Crippen LogP contribution in [0.25, 0.3) is 5.69 Å². The van der Waals surface area contributed by atoms with E-state index in [9.17, 15) is 4.79 Å². The number of carbonyl (C=O) groups excluding carboxylic acids is 1. The van der Waals surface area contributed by atoms with Gasteiger partial charge in [-0.1, -0.05) is 95.6 Å². The van der Waals surface area contributed by atoms with Crippen molar-refractivity contribution >= 4 is 40.9 Å². The number of hydrogen-bond donors (Lipinski definition) is 1. The summed E-state index contributed by atoms with van der Waals surface area (Å²) in [6, 6.07) is 25.9. The summed E-state index contributed by atoms with van der Waals surface area (Å²) in [5.74, 6) is 1.77. The zero-order chi connectivity index (χ0) is 25.2. The molecule has 0 bridgehead atoms. The van der Waals surface area contributed by atoms with Crippen molar-refractivity contribution in [2.75, 3.05) is 12.3 Å². The lowest BCUT2D eigenvalue weighted by Crippen LogP contribution is -2.25. The number of aromatic nitrogens is 3. The molecule has 3 aromatic carbocycles. The molecule has 8 heteroatoms. The Labute approximate surface area is 226 Å². The fourth-order valence-corrected chi connectivity index (χ4v) is 5.06. The van der Waals surface area contributed by atoms with Gasteiger partial charge in [-0.3, -0.25) is 9.36 Å². The number of unbranched alkanes of at least 4 members (excludes halogenated alkanes) is 1. The topological polar surface area (TPSA) is 59.8 Å². The highest BCUT2D eigenvalue weighted by Gasteiger charge is 2.16. The highest BCUT2D eigenvalue weighted by molar-refractivity contribution is 7.99. The van der Waals surface area contributed by atoms with Gasteiger partial charge in [0.25, 0.3) is 0 Å². The summed E-state index contributed by atoms with van der Waals surface area (Å²) in [5, 5.41) is 13.7. The zero-order valence-electron chi connectivity index (χ0n) is 19.9. The van der Waals surface area contributed by atoms with Gasteiger partial charge < -0.3 is 5.32 Å². The Morgan fingerprint density at radius 3 is 2.31 bits per heavy atom. The lowest BCUT2D eigenvalue weighted by molar-refractivity contribution is -0.121. The predicted molar refractivity (Wildman–Crippen MR) is 148 cm³/mol. The SMILES string of the molecule is O=C(CCCCSc1nnc(Cc2ccccc2)n1-c1ccc(Cl)c(Cl)c1)NCCc1ccccc1. The zero-order valence-corrected chi connectivity index (χ0v) is 22.2. The van der Waals surface area contributed by atoms with Crippen molar-refractivity contribution in [1.29, 1.82) is 0 Å². The molecule has 36 heavy (non-hydrogen) atoms. The molecule has 0 aliphatic carbocycles. The van der Waals surface area contributed by atoms with Gasteiger partial charge in [-0.25, -0.2) is 0 Å². The highest BCUT2D eigenvalue weighted by atomic mass is 35.5. The van der Waals surface area contributed by atoms with Crippen LogP contribution in [-0.4, -0.2) is 33.0 Å².